The molecule has 45 heavy (non-hydrogen) atoms. The number of amides is 2. The van der Waals surface area contributed by atoms with Crippen molar-refractivity contribution in [3.8, 4) is 5.75 Å². The molecule has 1 aliphatic carbocycles. The predicted octanol–water partition coefficient (Wildman–Crippen LogP) is 6.18. The van der Waals surface area contributed by atoms with Crippen molar-refractivity contribution < 1.29 is 17.9 Å². The molecule has 0 saturated carbocycles. The third-order valence-corrected chi connectivity index (χ3v) is 10.6. The number of hydrogen-bond donors (Lipinski definition) is 4. The largest absolute Gasteiger partial charge is 0.484 e. The van der Waals surface area contributed by atoms with Crippen LogP contribution >= 0.6 is 23.2 Å². The van der Waals surface area contributed by atoms with E-state index in [2.05, 4.69) is 27.2 Å². The first-order valence-corrected chi connectivity index (χ1v) is 18.7. The molecule has 2 aromatic rings. The van der Waals surface area contributed by atoms with Gasteiger partial charge in [-0.3, -0.25) is 4.90 Å². The van der Waals surface area contributed by atoms with Crippen molar-refractivity contribution in [2.45, 2.75) is 101 Å². The van der Waals surface area contributed by atoms with Gasteiger partial charge in [-0.05, 0) is 87.0 Å². The van der Waals surface area contributed by atoms with Gasteiger partial charge in [-0.1, -0.05) is 62.2 Å². The summed E-state index contributed by atoms with van der Waals surface area (Å²) in [5.74, 6) is 0.585. The monoisotopic (exact) mass is 681 g/mol. The van der Waals surface area contributed by atoms with Crippen molar-refractivity contribution in [1.29, 1.82) is 0 Å². The number of rotatable bonds is 17. The number of nitrogens with zero attached hydrogens (tertiary/aromatic N) is 1. The number of nitrogens with one attached hydrogen (secondary N) is 3. The molecule has 0 unspecified atom stereocenters. The molecular formula is C33H49Cl2N5O4S. The summed E-state index contributed by atoms with van der Waals surface area (Å²) >= 11 is 13.0. The van der Waals surface area contributed by atoms with E-state index in [1.165, 1.54) is 0 Å². The van der Waals surface area contributed by atoms with Crippen LogP contribution in [0, 0.1) is 0 Å². The number of halogens is 2. The number of carbonyl (C=O) groups excluding carboxylic acids is 1. The summed E-state index contributed by atoms with van der Waals surface area (Å²) in [5.41, 5.74) is 8.31. The Bertz CT molecular complexity index is 1350. The summed E-state index contributed by atoms with van der Waals surface area (Å²) < 4.78 is 35.1. The van der Waals surface area contributed by atoms with Gasteiger partial charge in [0.2, 0.25) is 10.0 Å². The minimum atomic E-state index is -3.63. The smallest absolute Gasteiger partial charge is 0.314 e. The highest BCUT2D eigenvalue weighted by molar-refractivity contribution is 7.89. The number of sulfonamides is 1. The van der Waals surface area contributed by atoms with Crippen LogP contribution in [0.1, 0.15) is 88.4 Å². The van der Waals surface area contributed by atoms with E-state index >= 15 is 0 Å². The Morgan fingerprint density at radius 3 is 2.33 bits per heavy atom. The molecule has 250 valence electrons. The van der Waals surface area contributed by atoms with Crippen molar-refractivity contribution in [1.82, 2.24) is 20.3 Å². The fourth-order valence-corrected chi connectivity index (χ4v) is 7.81. The quantitative estimate of drug-likeness (QED) is 0.148. The van der Waals surface area contributed by atoms with Crippen molar-refractivity contribution >= 4 is 39.3 Å². The minimum Gasteiger partial charge on any atom is -0.484 e. The first-order chi connectivity index (χ1) is 21.7. The van der Waals surface area contributed by atoms with Crippen LogP contribution < -0.4 is 25.8 Å². The second kappa shape index (κ2) is 17.7. The van der Waals surface area contributed by atoms with E-state index in [9.17, 15) is 13.2 Å². The lowest BCUT2D eigenvalue weighted by molar-refractivity contribution is 0.0593. The maximum atomic E-state index is 12.9. The van der Waals surface area contributed by atoms with Crippen LogP contribution in [-0.4, -0.2) is 64.2 Å². The number of fused-ring (bicyclic) bond motifs is 1. The van der Waals surface area contributed by atoms with Gasteiger partial charge < -0.3 is 21.1 Å². The molecule has 9 nitrogen and oxygen atoms in total. The zero-order valence-corrected chi connectivity index (χ0v) is 28.7. The molecule has 2 aromatic carbocycles. The van der Waals surface area contributed by atoms with E-state index in [1.54, 1.807) is 30.3 Å². The number of carbonyl (C=O) groups is 1. The van der Waals surface area contributed by atoms with Crippen molar-refractivity contribution in [2.24, 2.45) is 5.73 Å². The zero-order chi connectivity index (χ0) is 32.2. The van der Waals surface area contributed by atoms with Gasteiger partial charge in [0.25, 0.3) is 0 Å². The van der Waals surface area contributed by atoms with Gasteiger partial charge >= 0.3 is 6.03 Å². The summed E-state index contributed by atoms with van der Waals surface area (Å²) in [4.78, 5) is 14.2. The standard InChI is InChI=1S/C33H49Cl2N5O4S/c1-2-3-16-37-33(41)38-17-8-6-4-5-7-9-18-39-45(42,43)27-14-12-26(13-15-27)44-32-29-20-24(34)21-30(35)28(29)22-31(32)40-19-10-11-25(36)23-40/h12-15,20-21,25,31-32,39H,2-11,16-19,22-23,36H2,1H3,(H2,37,38,41)/t25-,31+,32+/m1/s1. The van der Waals surface area contributed by atoms with Crippen molar-refractivity contribution in [3.05, 3.63) is 57.6 Å². The van der Waals surface area contributed by atoms with Crippen molar-refractivity contribution in [3.63, 3.8) is 0 Å². The number of unbranched alkanes of at least 4 members (excludes halogenated alkanes) is 6. The van der Waals surface area contributed by atoms with Gasteiger partial charge in [-0.2, -0.15) is 0 Å². The van der Waals surface area contributed by atoms with Gasteiger partial charge in [0.1, 0.15) is 11.9 Å². The number of nitrogens with two attached hydrogens (primary N) is 1. The van der Waals surface area contributed by atoms with Gasteiger partial charge in [-0.15, -0.1) is 0 Å². The summed E-state index contributed by atoms with van der Waals surface area (Å²) in [5, 5.41) is 6.93. The molecule has 12 heteroatoms. The number of benzene rings is 2. The highest BCUT2D eigenvalue weighted by Gasteiger charge is 2.40. The van der Waals surface area contributed by atoms with Crippen LogP contribution in [0.4, 0.5) is 4.79 Å². The second-order valence-electron chi connectivity index (χ2n) is 12.2. The number of hydrogen-bond acceptors (Lipinski definition) is 6. The molecule has 0 radical (unpaired) electrons. The van der Waals surface area contributed by atoms with Gasteiger partial charge in [-0.25, -0.2) is 17.9 Å². The number of ether oxygens (including phenoxy) is 1. The lowest BCUT2D eigenvalue weighted by atomic mass is 10.0. The van der Waals surface area contributed by atoms with Gasteiger partial charge in [0, 0.05) is 47.8 Å². The van der Waals surface area contributed by atoms with E-state index in [-0.39, 0.29) is 29.1 Å². The molecule has 1 fully saturated rings. The second-order valence-corrected chi connectivity index (χ2v) is 14.8. The minimum absolute atomic E-state index is 0.0610. The third-order valence-electron chi connectivity index (χ3n) is 8.62. The van der Waals surface area contributed by atoms with E-state index in [0.717, 1.165) is 94.8 Å². The fraction of sp³-hybridized carbons (Fsp3) is 0.606. The summed E-state index contributed by atoms with van der Waals surface area (Å²) in [6, 6.07) is 10.4. The Labute approximate surface area is 279 Å². The Hall–Kier alpha value is -2.08. The summed E-state index contributed by atoms with van der Waals surface area (Å²) in [6.45, 7) is 5.60. The zero-order valence-electron chi connectivity index (χ0n) is 26.3. The molecule has 5 N–H and O–H groups in total. The Morgan fingerprint density at radius 1 is 0.978 bits per heavy atom. The predicted molar refractivity (Wildman–Crippen MR) is 182 cm³/mol. The molecule has 1 heterocycles. The lowest BCUT2D eigenvalue weighted by Gasteiger charge is -2.38. The summed E-state index contributed by atoms with van der Waals surface area (Å²) in [6.07, 6.45) is 10.3. The van der Waals surface area contributed by atoms with Gasteiger partial charge in [0.05, 0.1) is 10.9 Å². The molecular weight excluding hydrogens is 633 g/mol. The highest BCUT2D eigenvalue weighted by atomic mass is 35.5. The molecule has 0 spiro atoms. The maximum Gasteiger partial charge on any atom is 0.314 e. The Morgan fingerprint density at radius 2 is 1.64 bits per heavy atom. The van der Waals surface area contributed by atoms with Crippen LogP contribution in [0.15, 0.2) is 41.3 Å². The third kappa shape index (κ3) is 10.7. The first kappa shape index (κ1) is 35.8. The number of piperidine rings is 1. The number of likely N-dealkylation sites (tertiary alicyclic amines) is 1. The highest BCUT2D eigenvalue weighted by Crippen LogP contribution is 2.43. The molecule has 2 aliphatic rings. The lowest BCUT2D eigenvalue weighted by Crippen LogP contribution is -2.49. The van der Waals surface area contributed by atoms with Crippen LogP contribution in [0.25, 0.3) is 0 Å². The first-order valence-electron chi connectivity index (χ1n) is 16.4. The van der Waals surface area contributed by atoms with Crippen LogP contribution in [-0.2, 0) is 16.4 Å². The average molecular weight is 683 g/mol. The van der Waals surface area contributed by atoms with Crippen molar-refractivity contribution in [2.75, 3.05) is 32.7 Å². The van der Waals surface area contributed by atoms with E-state index in [0.29, 0.717) is 35.4 Å². The molecule has 3 atom stereocenters. The average Bonchev–Trinajstić information content (AvgIpc) is 3.36. The molecule has 1 saturated heterocycles. The van der Waals surface area contributed by atoms with E-state index < -0.39 is 10.0 Å². The Balaban J connectivity index is 1.21. The summed E-state index contributed by atoms with van der Waals surface area (Å²) in [7, 11) is -3.63. The maximum absolute atomic E-state index is 12.9. The molecule has 0 aromatic heterocycles. The number of urea groups is 1. The van der Waals surface area contributed by atoms with Gasteiger partial charge in [0.15, 0.2) is 0 Å². The van der Waals surface area contributed by atoms with Crippen LogP contribution in [0.3, 0.4) is 0 Å². The fourth-order valence-electron chi connectivity index (χ4n) is 6.15. The SMILES string of the molecule is CCCCNC(=O)NCCCCCCCCNS(=O)(=O)c1ccc(O[C@H]2c3cc(Cl)cc(Cl)c3C[C@@H]2N2CCC[C@@H](N)C2)cc1. The molecule has 0 bridgehead atoms. The molecule has 2 amide bonds. The van der Waals surface area contributed by atoms with Crippen LogP contribution in [0.5, 0.6) is 5.75 Å². The normalized spacial score (nSPS) is 20.1. The van der Waals surface area contributed by atoms with Crippen LogP contribution in [0.2, 0.25) is 10.0 Å². The molecule has 4 rings (SSSR count). The van der Waals surface area contributed by atoms with E-state index in [4.69, 9.17) is 33.7 Å². The molecule has 1 aliphatic heterocycles. The Kier molecular flexibility index (Phi) is 14.1. The topological polar surface area (TPSA) is 126 Å². The van der Waals surface area contributed by atoms with E-state index in [1.807, 2.05) is 6.07 Å².